The lowest BCUT2D eigenvalue weighted by molar-refractivity contribution is -0.141. The van der Waals surface area contributed by atoms with E-state index in [1.807, 2.05) is 18.2 Å². The molecule has 0 saturated heterocycles. The van der Waals surface area contributed by atoms with Crippen molar-refractivity contribution in [3.8, 4) is 0 Å². The van der Waals surface area contributed by atoms with Crippen LogP contribution in [0.2, 0.25) is 0 Å². The quantitative estimate of drug-likeness (QED) is 0.896. The number of hydrogen-bond acceptors (Lipinski definition) is 3. The SMILES string of the molecule is O=C(S[C@H]1CCC[C@@H]1C(=O)O)c1ccccc1. The van der Waals surface area contributed by atoms with Crippen LogP contribution in [0.1, 0.15) is 29.6 Å². The summed E-state index contributed by atoms with van der Waals surface area (Å²) in [5.74, 6) is -1.14. The summed E-state index contributed by atoms with van der Waals surface area (Å²) in [4.78, 5) is 22.9. The molecule has 0 radical (unpaired) electrons. The molecule has 1 aliphatic carbocycles. The number of aliphatic carboxylic acids is 1. The minimum absolute atomic E-state index is 0.0243. The monoisotopic (exact) mass is 250 g/mol. The summed E-state index contributed by atoms with van der Waals surface area (Å²) in [5.41, 5.74) is 0.647. The fourth-order valence-corrected chi connectivity index (χ4v) is 3.38. The second kappa shape index (κ2) is 5.36. The summed E-state index contributed by atoms with van der Waals surface area (Å²) >= 11 is 1.18. The van der Waals surface area contributed by atoms with Gasteiger partial charge in [-0.3, -0.25) is 9.59 Å². The second-order valence-corrected chi connectivity index (χ2v) is 5.40. The zero-order valence-electron chi connectivity index (χ0n) is 9.33. The highest BCUT2D eigenvalue weighted by molar-refractivity contribution is 8.14. The third kappa shape index (κ3) is 2.88. The number of rotatable bonds is 3. The Morgan fingerprint density at radius 2 is 1.88 bits per heavy atom. The third-order valence-electron chi connectivity index (χ3n) is 3.04. The van der Waals surface area contributed by atoms with Gasteiger partial charge < -0.3 is 5.11 Å². The van der Waals surface area contributed by atoms with Crippen LogP contribution >= 0.6 is 11.8 Å². The highest BCUT2D eigenvalue weighted by atomic mass is 32.2. The molecular formula is C13H14O3S. The maximum atomic E-state index is 11.9. The molecule has 90 valence electrons. The summed E-state index contributed by atoms with van der Waals surface area (Å²) < 4.78 is 0. The van der Waals surface area contributed by atoms with Crippen molar-refractivity contribution in [2.45, 2.75) is 24.5 Å². The van der Waals surface area contributed by atoms with E-state index in [0.29, 0.717) is 12.0 Å². The Labute approximate surface area is 104 Å². The van der Waals surface area contributed by atoms with E-state index in [1.54, 1.807) is 12.1 Å². The number of benzene rings is 1. The molecule has 17 heavy (non-hydrogen) atoms. The topological polar surface area (TPSA) is 54.4 Å². The van der Waals surface area contributed by atoms with Crippen LogP contribution in [0.25, 0.3) is 0 Å². The van der Waals surface area contributed by atoms with Gasteiger partial charge in [0.25, 0.3) is 0 Å². The van der Waals surface area contributed by atoms with Crippen LogP contribution in [-0.2, 0) is 4.79 Å². The van der Waals surface area contributed by atoms with Crippen LogP contribution in [0, 0.1) is 5.92 Å². The van der Waals surface area contributed by atoms with Gasteiger partial charge in [0, 0.05) is 10.8 Å². The molecule has 0 amide bonds. The smallest absolute Gasteiger partial charge is 0.307 e. The highest BCUT2D eigenvalue weighted by Crippen LogP contribution is 2.36. The van der Waals surface area contributed by atoms with Gasteiger partial charge in [-0.1, -0.05) is 48.5 Å². The Bertz CT molecular complexity index is 416. The molecule has 4 heteroatoms. The first kappa shape index (κ1) is 12.2. The van der Waals surface area contributed by atoms with Crippen LogP contribution in [0.3, 0.4) is 0 Å². The van der Waals surface area contributed by atoms with Crippen LogP contribution in [0.4, 0.5) is 0 Å². The average molecular weight is 250 g/mol. The van der Waals surface area contributed by atoms with Crippen molar-refractivity contribution >= 4 is 22.8 Å². The van der Waals surface area contributed by atoms with E-state index in [2.05, 4.69) is 0 Å². The van der Waals surface area contributed by atoms with Gasteiger partial charge in [0.15, 0.2) is 0 Å². The average Bonchev–Trinajstić information content (AvgIpc) is 2.78. The Morgan fingerprint density at radius 1 is 1.18 bits per heavy atom. The molecule has 0 aromatic heterocycles. The number of carboxylic acids is 1. The zero-order chi connectivity index (χ0) is 12.3. The highest BCUT2D eigenvalue weighted by Gasteiger charge is 2.34. The number of hydrogen-bond donors (Lipinski definition) is 1. The molecule has 3 nitrogen and oxygen atoms in total. The molecule has 0 bridgehead atoms. The summed E-state index contributed by atoms with van der Waals surface area (Å²) in [6, 6.07) is 9.02. The second-order valence-electron chi connectivity index (χ2n) is 4.19. The fraction of sp³-hybridized carbons (Fsp3) is 0.385. The molecule has 0 spiro atoms. The van der Waals surface area contributed by atoms with Gasteiger partial charge in [-0.25, -0.2) is 0 Å². The molecule has 0 unspecified atom stereocenters. The molecule has 0 aliphatic heterocycles. The van der Waals surface area contributed by atoms with Crippen molar-refractivity contribution < 1.29 is 14.7 Å². The Hall–Kier alpha value is -1.29. The molecule has 1 aromatic rings. The van der Waals surface area contributed by atoms with Crippen molar-refractivity contribution in [3.05, 3.63) is 35.9 Å². The molecule has 2 rings (SSSR count). The van der Waals surface area contributed by atoms with E-state index in [-0.39, 0.29) is 16.3 Å². The van der Waals surface area contributed by atoms with E-state index >= 15 is 0 Å². The Morgan fingerprint density at radius 3 is 2.53 bits per heavy atom. The minimum Gasteiger partial charge on any atom is -0.481 e. The lowest BCUT2D eigenvalue weighted by Crippen LogP contribution is -2.21. The van der Waals surface area contributed by atoms with Gasteiger partial charge >= 0.3 is 5.97 Å². The van der Waals surface area contributed by atoms with E-state index < -0.39 is 5.97 Å². The van der Waals surface area contributed by atoms with Crippen LogP contribution < -0.4 is 0 Å². The number of carboxylic acid groups (broad SMARTS) is 1. The minimum atomic E-state index is -0.777. The van der Waals surface area contributed by atoms with Gasteiger partial charge in [-0.05, 0) is 12.8 Å². The van der Waals surface area contributed by atoms with Crippen molar-refractivity contribution in [3.63, 3.8) is 0 Å². The summed E-state index contributed by atoms with van der Waals surface area (Å²) in [6.07, 6.45) is 2.41. The molecule has 1 aliphatic rings. The van der Waals surface area contributed by atoms with E-state index in [4.69, 9.17) is 5.11 Å². The van der Waals surface area contributed by atoms with Crippen molar-refractivity contribution in [2.75, 3.05) is 0 Å². The molecular weight excluding hydrogens is 236 g/mol. The summed E-state index contributed by atoms with van der Waals surface area (Å²) in [7, 11) is 0. The van der Waals surface area contributed by atoms with Crippen molar-refractivity contribution in [1.82, 2.24) is 0 Å². The molecule has 1 fully saturated rings. The number of carbonyl (C=O) groups is 2. The largest absolute Gasteiger partial charge is 0.481 e. The number of thioether (sulfide) groups is 1. The van der Waals surface area contributed by atoms with Gasteiger partial charge in [-0.15, -0.1) is 0 Å². The van der Waals surface area contributed by atoms with Crippen LogP contribution in [-0.4, -0.2) is 21.4 Å². The maximum Gasteiger partial charge on any atom is 0.307 e. The predicted molar refractivity (Wildman–Crippen MR) is 67.1 cm³/mol. The van der Waals surface area contributed by atoms with Crippen molar-refractivity contribution in [1.29, 1.82) is 0 Å². The van der Waals surface area contributed by atoms with E-state index in [1.165, 1.54) is 11.8 Å². The van der Waals surface area contributed by atoms with E-state index in [0.717, 1.165) is 12.8 Å². The number of carbonyl (C=O) groups excluding carboxylic acids is 1. The summed E-state index contributed by atoms with van der Waals surface area (Å²) in [5, 5.41) is 8.95. The normalized spacial score (nSPS) is 23.5. The summed E-state index contributed by atoms with van der Waals surface area (Å²) in [6.45, 7) is 0. The maximum absolute atomic E-state index is 11.9. The van der Waals surface area contributed by atoms with E-state index in [9.17, 15) is 9.59 Å². The van der Waals surface area contributed by atoms with Gasteiger partial charge in [0.05, 0.1) is 5.92 Å². The third-order valence-corrected chi connectivity index (χ3v) is 4.35. The molecule has 0 heterocycles. The lowest BCUT2D eigenvalue weighted by atomic mass is 10.1. The van der Waals surface area contributed by atoms with Gasteiger partial charge in [-0.2, -0.15) is 0 Å². The first-order valence-electron chi connectivity index (χ1n) is 5.67. The van der Waals surface area contributed by atoms with Gasteiger partial charge in [0.2, 0.25) is 5.12 Å². The van der Waals surface area contributed by atoms with Gasteiger partial charge in [0.1, 0.15) is 0 Å². The van der Waals surface area contributed by atoms with Crippen LogP contribution in [0.5, 0.6) is 0 Å². The molecule has 2 atom stereocenters. The fourth-order valence-electron chi connectivity index (χ4n) is 2.13. The van der Waals surface area contributed by atoms with Crippen LogP contribution in [0.15, 0.2) is 30.3 Å². The Balaban J connectivity index is 2.02. The first-order valence-corrected chi connectivity index (χ1v) is 6.55. The first-order chi connectivity index (χ1) is 8.18. The van der Waals surface area contributed by atoms with Crippen molar-refractivity contribution in [2.24, 2.45) is 5.92 Å². The molecule has 1 aromatic carbocycles. The zero-order valence-corrected chi connectivity index (χ0v) is 10.2. The predicted octanol–water partition coefficient (Wildman–Crippen LogP) is 2.81. The lowest BCUT2D eigenvalue weighted by Gasteiger charge is -2.13. The molecule has 1 saturated carbocycles. The molecule has 1 N–H and O–H groups in total. The standard InChI is InChI=1S/C13H14O3S/c14-12(15)10-7-4-8-11(10)17-13(16)9-5-2-1-3-6-9/h1-3,5-6,10-11H,4,7-8H2,(H,14,15)/t10-,11-/m0/s1. The Kier molecular flexibility index (Phi) is 3.84.